The van der Waals surface area contributed by atoms with Gasteiger partial charge in [0.2, 0.25) is 0 Å². The molecule has 0 aliphatic carbocycles. The van der Waals surface area contributed by atoms with E-state index >= 15 is 0 Å². The van der Waals surface area contributed by atoms with Crippen molar-refractivity contribution in [1.29, 1.82) is 0 Å². The Hall–Kier alpha value is -4.00. The zero-order valence-electron chi connectivity index (χ0n) is 16.6. The van der Waals surface area contributed by atoms with Crippen molar-refractivity contribution in [1.82, 2.24) is 0 Å². The molecule has 154 valence electrons. The van der Waals surface area contributed by atoms with Crippen LogP contribution >= 0.6 is 0 Å². The van der Waals surface area contributed by atoms with Crippen molar-refractivity contribution < 1.29 is 5.21 Å². The van der Waals surface area contributed by atoms with E-state index in [-0.39, 0.29) is 0 Å². The summed E-state index contributed by atoms with van der Waals surface area (Å²) in [6, 6.07) is 31.2. The van der Waals surface area contributed by atoms with Gasteiger partial charge in [-0.2, -0.15) is 0 Å². The summed E-state index contributed by atoms with van der Waals surface area (Å²) in [6.07, 6.45) is 0. The molecule has 11 N–H and O–H groups in total. The van der Waals surface area contributed by atoms with Crippen LogP contribution in [0.1, 0.15) is 0 Å². The Morgan fingerprint density at radius 2 is 0.433 bits per heavy atom. The summed E-state index contributed by atoms with van der Waals surface area (Å²) in [4.78, 5) is 0. The van der Waals surface area contributed by atoms with Gasteiger partial charge in [0.1, 0.15) is 0 Å². The fourth-order valence-corrected chi connectivity index (χ4v) is 2.70. The van der Waals surface area contributed by atoms with E-state index in [1.165, 1.54) is 0 Å². The lowest BCUT2D eigenvalue weighted by molar-refractivity contribution is 0.311. The van der Waals surface area contributed by atoms with Gasteiger partial charge in [0, 0.05) is 22.7 Å². The number of hydrogen-bond donors (Lipinski definition) is 6. The second-order valence-electron chi connectivity index (χ2n) is 6.49. The predicted molar refractivity (Wildman–Crippen MR) is 127 cm³/mol. The Labute approximate surface area is 176 Å². The maximum absolute atomic E-state index is 6.50. The van der Waals surface area contributed by atoms with Crippen molar-refractivity contribution in [2.45, 2.75) is 0 Å². The van der Waals surface area contributed by atoms with Gasteiger partial charge in [0.15, 0.2) is 0 Å². The van der Waals surface area contributed by atoms with E-state index in [9.17, 15) is 0 Å². The van der Waals surface area contributed by atoms with Gasteiger partial charge in [-0.1, -0.05) is 48.5 Å². The Kier molecular flexibility index (Phi) is 8.26. The molecule has 30 heavy (non-hydrogen) atoms. The maximum atomic E-state index is 6.50. The molecule has 0 unspecified atom stereocenters. The second-order valence-corrected chi connectivity index (χ2v) is 6.49. The number of benzene rings is 4. The molecule has 0 amide bonds. The summed E-state index contributed by atoms with van der Waals surface area (Å²) in [5, 5.41) is 6.50. The van der Waals surface area contributed by atoms with Crippen molar-refractivity contribution in [3.8, 4) is 22.3 Å². The monoisotopic (exact) mass is 401 g/mol. The fraction of sp³-hybridized carbons (Fsp3) is 0. The minimum Gasteiger partial charge on any atom is -0.399 e. The lowest BCUT2D eigenvalue weighted by atomic mass is 10.1. The zero-order valence-corrected chi connectivity index (χ0v) is 16.6. The van der Waals surface area contributed by atoms with E-state index in [1.54, 1.807) is 0 Å². The zero-order chi connectivity index (χ0) is 21.9. The van der Waals surface area contributed by atoms with Crippen molar-refractivity contribution in [2.75, 3.05) is 22.9 Å². The first kappa shape index (κ1) is 22.3. The van der Waals surface area contributed by atoms with Gasteiger partial charge in [-0.15, -0.1) is 0 Å². The summed E-state index contributed by atoms with van der Waals surface area (Å²) < 4.78 is 0. The van der Waals surface area contributed by atoms with Crippen molar-refractivity contribution in [3.63, 3.8) is 0 Å². The van der Waals surface area contributed by atoms with Crippen LogP contribution in [0.2, 0.25) is 0 Å². The minimum atomic E-state index is 0.782. The van der Waals surface area contributed by atoms with E-state index in [0.29, 0.717) is 0 Å². The highest BCUT2D eigenvalue weighted by Crippen LogP contribution is 2.22. The normalized spacial score (nSPS) is 9.53. The largest absolute Gasteiger partial charge is 0.399 e. The molecule has 4 aromatic rings. The van der Waals surface area contributed by atoms with Crippen LogP contribution in [0, 0.1) is 0 Å². The smallest absolute Gasteiger partial charge is 0.0314 e. The number of hydrogen-bond acceptors (Lipinski definition) is 6. The van der Waals surface area contributed by atoms with E-state index in [0.717, 1.165) is 45.0 Å². The van der Waals surface area contributed by atoms with Gasteiger partial charge < -0.3 is 28.1 Å². The predicted octanol–water partition coefficient (Wildman–Crippen LogP) is 4.37. The molecule has 0 aromatic heterocycles. The first-order chi connectivity index (χ1) is 14.5. The lowest BCUT2D eigenvalue weighted by Gasteiger charge is -2.02. The van der Waals surface area contributed by atoms with Crippen LogP contribution in [0.15, 0.2) is 97.1 Å². The summed E-state index contributed by atoms with van der Waals surface area (Å²) in [7, 11) is 0. The van der Waals surface area contributed by atoms with Crippen molar-refractivity contribution in [3.05, 3.63) is 97.1 Å². The van der Waals surface area contributed by atoms with E-state index in [1.807, 2.05) is 97.1 Å². The molecule has 6 heteroatoms. The van der Waals surface area contributed by atoms with Crippen LogP contribution in [0.3, 0.4) is 0 Å². The third-order valence-corrected chi connectivity index (χ3v) is 4.31. The molecule has 4 rings (SSSR count). The molecular weight excluding hydrogens is 374 g/mol. The number of rotatable bonds is 2. The fourth-order valence-electron chi connectivity index (χ4n) is 2.70. The Morgan fingerprint density at radius 3 is 0.567 bits per heavy atom. The third kappa shape index (κ3) is 6.56. The summed E-state index contributed by atoms with van der Waals surface area (Å²) >= 11 is 0. The first-order valence-corrected chi connectivity index (χ1v) is 9.20. The van der Waals surface area contributed by atoms with Gasteiger partial charge in [0.25, 0.3) is 0 Å². The van der Waals surface area contributed by atoms with Crippen LogP contribution in [0.4, 0.5) is 22.7 Å². The second kappa shape index (κ2) is 11.1. The minimum absolute atomic E-state index is 0.782. The Balaban J connectivity index is 0.000000197. The molecule has 0 aliphatic rings. The highest BCUT2D eigenvalue weighted by atomic mass is 16.4. The summed E-state index contributed by atoms with van der Waals surface area (Å²) in [5.41, 5.74) is 30.2. The van der Waals surface area contributed by atoms with Crippen LogP contribution in [-0.4, -0.2) is 5.21 Å². The van der Waals surface area contributed by atoms with Crippen molar-refractivity contribution >= 4 is 22.7 Å². The number of nitrogen functional groups attached to an aromatic ring is 4. The Bertz CT molecular complexity index is 839. The van der Waals surface area contributed by atoms with Crippen LogP contribution in [-0.2, 0) is 0 Å². The maximum Gasteiger partial charge on any atom is 0.0314 e. The van der Waals surface area contributed by atoms with Crippen LogP contribution < -0.4 is 28.8 Å². The Morgan fingerprint density at radius 1 is 0.300 bits per heavy atom. The highest BCUT2D eigenvalue weighted by molar-refractivity contribution is 5.68. The molecule has 0 heterocycles. The molecule has 0 saturated heterocycles. The molecule has 0 spiro atoms. The third-order valence-electron chi connectivity index (χ3n) is 4.31. The highest BCUT2D eigenvalue weighted by Gasteiger charge is 1.97. The topological polar surface area (TPSA) is 150 Å². The summed E-state index contributed by atoms with van der Waals surface area (Å²) in [5.74, 6) is 3.50. The molecule has 0 aliphatic heterocycles. The van der Waals surface area contributed by atoms with Gasteiger partial charge in [-0.05, 0) is 70.8 Å². The van der Waals surface area contributed by atoms with Crippen LogP contribution in [0.5, 0.6) is 0 Å². The van der Waals surface area contributed by atoms with Gasteiger partial charge in [-0.25, -0.2) is 5.90 Å². The molecule has 4 aromatic carbocycles. The lowest BCUT2D eigenvalue weighted by Crippen LogP contribution is -1.85. The first-order valence-electron chi connectivity index (χ1n) is 9.20. The van der Waals surface area contributed by atoms with Gasteiger partial charge in [0.05, 0.1) is 0 Å². The molecule has 0 saturated carbocycles. The number of anilines is 4. The standard InChI is InChI=1S/2C12H12N2.H3NO/c2*13-11-5-1-9(2-6-11)10-3-7-12(14)8-4-10;1-2/h2*1-8H,13-14H2;2H,1H2. The van der Waals surface area contributed by atoms with E-state index in [4.69, 9.17) is 28.1 Å². The molecular formula is C24H27N5O. The molecule has 0 bridgehead atoms. The molecule has 0 fully saturated rings. The SMILES string of the molecule is NO.Nc1ccc(-c2ccc(N)cc2)cc1.Nc1ccc(-c2ccc(N)cc2)cc1. The van der Waals surface area contributed by atoms with Gasteiger partial charge in [-0.3, -0.25) is 0 Å². The number of nitrogens with two attached hydrogens (primary N) is 5. The quantitative estimate of drug-likeness (QED) is 0.217. The van der Waals surface area contributed by atoms with E-state index < -0.39 is 0 Å². The van der Waals surface area contributed by atoms with Gasteiger partial charge >= 0.3 is 0 Å². The average molecular weight is 402 g/mol. The molecule has 0 radical (unpaired) electrons. The molecule has 6 nitrogen and oxygen atoms in total. The average Bonchev–Trinajstić information content (AvgIpc) is 2.78. The summed E-state index contributed by atoms with van der Waals surface area (Å²) in [6.45, 7) is 0. The van der Waals surface area contributed by atoms with E-state index in [2.05, 4.69) is 5.90 Å². The van der Waals surface area contributed by atoms with Crippen LogP contribution in [0.25, 0.3) is 22.3 Å². The molecule has 0 atom stereocenters. The van der Waals surface area contributed by atoms with Crippen molar-refractivity contribution in [2.24, 2.45) is 5.90 Å².